The molecule has 36 heavy (non-hydrogen) atoms. The molecule has 1 atom stereocenters. The standard InChI is InChI=1S/C26H30N6O4/c1-16-3-5-21-22(32(16)26(34)35-2)7-6-20(18-14-30-31(15-18)19-9-11-28-12-10-19)24(21)36-23-8-4-17(13-29-23)25(27)33/h4,6-8,13-16,19,28H,3,5,9-12H2,1-2H3,(H2,27,33)/t16-/m0/s1. The molecule has 4 heterocycles. The van der Waals surface area contributed by atoms with Crippen LogP contribution in [0.3, 0.4) is 0 Å². The molecule has 0 radical (unpaired) electrons. The summed E-state index contributed by atoms with van der Waals surface area (Å²) in [5, 5.41) is 8.04. The van der Waals surface area contributed by atoms with E-state index in [4.69, 9.17) is 15.2 Å². The van der Waals surface area contributed by atoms with E-state index < -0.39 is 12.0 Å². The topological polar surface area (TPSA) is 125 Å². The first-order chi connectivity index (χ1) is 17.5. The van der Waals surface area contributed by atoms with Gasteiger partial charge in [0.15, 0.2) is 0 Å². The van der Waals surface area contributed by atoms with Gasteiger partial charge >= 0.3 is 6.09 Å². The molecule has 3 N–H and O–H groups in total. The smallest absolute Gasteiger partial charge is 0.414 e. The highest BCUT2D eigenvalue weighted by atomic mass is 16.5. The average Bonchev–Trinajstić information content (AvgIpc) is 3.39. The number of carbonyl (C=O) groups excluding carboxylic acids is 2. The lowest BCUT2D eigenvalue weighted by atomic mass is 9.92. The molecule has 2 aliphatic heterocycles. The van der Waals surface area contributed by atoms with Crippen molar-refractivity contribution in [3.05, 3.63) is 54.0 Å². The molecule has 0 bridgehead atoms. The minimum Gasteiger partial charge on any atom is -0.452 e. The Balaban J connectivity index is 1.58. The van der Waals surface area contributed by atoms with E-state index in [1.165, 1.54) is 13.3 Å². The number of fused-ring (bicyclic) bond motifs is 1. The van der Waals surface area contributed by atoms with Crippen molar-refractivity contribution >= 4 is 17.7 Å². The van der Waals surface area contributed by atoms with Gasteiger partial charge in [-0.25, -0.2) is 9.78 Å². The second-order valence-corrected chi connectivity index (χ2v) is 9.21. The Morgan fingerprint density at radius 3 is 2.61 bits per heavy atom. The first-order valence-electron chi connectivity index (χ1n) is 12.2. The van der Waals surface area contributed by atoms with Gasteiger partial charge in [0.05, 0.1) is 30.6 Å². The fourth-order valence-corrected chi connectivity index (χ4v) is 4.96. The Hall–Kier alpha value is -3.92. The maximum Gasteiger partial charge on any atom is 0.414 e. The number of piperidine rings is 1. The van der Waals surface area contributed by atoms with Gasteiger partial charge < -0.3 is 20.5 Å². The number of rotatable bonds is 5. The summed E-state index contributed by atoms with van der Waals surface area (Å²) in [4.78, 5) is 30.1. The number of hydrogen-bond donors (Lipinski definition) is 2. The zero-order valence-corrected chi connectivity index (χ0v) is 20.4. The third-order valence-corrected chi connectivity index (χ3v) is 6.94. The maximum absolute atomic E-state index is 12.6. The predicted molar refractivity (Wildman–Crippen MR) is 134 cm³/mol. The van der Waals surface area contributed by atoms with Crippen molar-refractivity contribution in [2.75, 3.05) is 25.1 Å². The van der Waals surface area contributed by atoms with Crippen LogP contribution < -0.4 is 20.7 Å². The van der Waals surface area contributed by atoms with E-state index in [1.807, 2.05) is 29.9 Å². The van der Waals surface area contributed by atoms with Crippen molar-refractivity contribution in [3.63, 3.8) is 0 Å². The Morgan fingerprint density at radius 1 is 1.11 bits per heavy atom. The number of anilines is 1. The molecule has 2 aliphatic rings. The number of nitrogens with one attached hydrogen (secondary N) is 1. The van der Waals surface area contributed by atoms with E-state index in [-0.39, 0.29) is 6.04 Å². The number of amides is 2. The Kier molecular flexibility index (Phi) is 6.60. The summed E-state index contributed by atoms with van der Waals surface area (Å²) in [7, 11) is 1.38. The lowest BCUT2D eigenvalue weighted by Crippen LogP contribution is -2.42. The highest BCUT2D eigenvalue weighted by molar-refractivity contribution is 5.93. The van der Waals surface area contributed by atoms with E-state index in [0.717, 1.165) is 61.2 Å². The van der Waals surface area contributed by atoms with Gasteiger partial charge in [-0.3, -0.25) is 14.4 Å². The minimum absolute atomic E-state index is 0.0145. The predicted octanol–water partition coefficient (Wildman–Crippen LogP) is 3.67. The van der Waals surface area contributed by atoms with Crippen molar-refractivity contribution in [1.29, 1.82) is 0 Å². The normalized spacial score (nSPS) is 17.9. The average molecular weight is 491 g/mol. The molecule has 1 fully saturated rings. The van der Waals surface area contributed by atoms with Gasteiger partial charge in [-0.1, -0.05) is 0 Å². The van der Waals surface area contributed by atoms with Crippen LogP contribution in [0.25, 0.3) is 11.1 Å². The Morgan fingerprint density at radius 2 is 1.92 bits per heavy atom. The van der Waals surface area contributed by atoms with Crippen LogP contribution in [0.1, 0.15) is 48.1 Å². The van der Waals surface area contributed by atoms with Crippen LogP contribution in [0.5, 0.6) is 11.6 Å². The molecule has 2 aromatic heterocycles. The van der Waals surface area contributed by atoms with Gasteiger partial charge in [-0.2, -0.15) is 5.10 Å². The zero-order valence-electron chi connectivity index (χ0n) is 20.4. The van der Waals surface area contributed by atoms with Crippen LogP contribution in [0.4, 0.5) is 10.5 Å². The first-order valence-corrected chi connectivity index (χ1v) is 12.2. The van der Waals surface area contributed by atoms with Crippen LogP contribution in [0.15, 0.2) is 42.9 Å². The fraction of sp³-hybridized carbons (Fsp3) is 0.385. The first kappa shape index (κ1) is 23.8. The van der Waals surface area contributed by atoms with Gasteiger partial charge in [-0.15, -0.1) is 0 Å². The zero-order chi connectivity index (χ0) is 25.2. The summed E-state index contributed by atoms with van der Waals surface area (Å²) in [6, 6.07) is 7.42. The maximum atomic E-state index is 12.6. The Bertz CT molecular complexity index is 1270. The van der Waals surface area contributed by atoms with E-state index in [0.29, 0.717) is 23.2 Å². The molecule has 10 heteroatoms. The molecule has 0 spiro atoms. The highest BCUT2D eigenvalue weighted by Crippen LogP contribution is 2.44. The molecule has 188 valence electrons. The fourth-order valence-electron chi connectivity index (χ4n) is 4.96. The van der Waals surface area contributed by atoms with Crippen molar-refractivity contribution in [3.8, 4) is 22.8 Å². The van der Waals surface area contributed by atoms with Crippen LogP contribution in [0.2, 0.25) is 0 Å². The number of aromatic nitrogens is 3. The molecular formula is C26H30N6O4. The molecule has 1 aromatic carbocycles. The van der Waals surface area contributed by atoms with Crippen molar-refractivity contribution < 1.29 is 19.1 Å². The molecule has 10 nitrogen and oxygen atoms in total. The molecule has 2 amide bonds. The SMILES string of the molecule is COC(=O)N1c2ccc(-c3cnn(C4CCNCC4)c3)c(Oc3ccc(C(N)=O)cn3)c2CC[C@@H]1C. The summed E-state index contributed by atoms with van der Waals surface area (Å²) in [5.74, 6) is 0.376. The number of ether oxygens (including phenoxy) is 2. The molecule has 5 rings (SSSR count). The van der Waals surface area contributed by atoms with Gasteiger partial charge in [0.2, 0.25) is 11.8 Å². The summed E-state index contributed by atoms with van der Waals surface area (Å²) in [5.41, 5.74) is 9.08. The number of carbonyl (C=O) groups is 2. The second kappa shape index (κ2) is 9.98. The van der Waals surface area contributed by atoms with Crippen LogP contribution in [0, 0.1) is 0 Å². The molecule has 1 saturated heterocycles. The summed E-state index contributed by atoms with van der Waals surface area (Å²) in [6.45, 7) is 3.95. The van der Waals surface area contributed by atoms with Crippen LogP contribution in [-0.2, 0) is 11.2 Å². The summed E-state index contributed by atoms with van der Waals surface area (Å²) < 4.78 is 13.5. The van der Waals surface area contributed by atoms with E-state index >= 15 is 0 Å². The van der Waals surface area contributed by atoms with E-state index in [1.54, 1.807) is 17.0 Å². The third-order valence-electron chi connectivity index (χ3n) is 6.94. The molecule has 0 unspecified atom stereocenters. The molecular weight excluding hydrogens is 460 g/mol. The van der Waals surface area contributed by atoms with Gasteiger partial charge in [0.25, 0.3) is 0 Å². The Labute approximate surface area is 209 Å². The number of nitrogens with zero attached hydrogens (tertiary/aromatic N) is 4. The second-order valence-electron chi connectivity index (χ2n) is 9.21. The minimum atomic E-state index is -0.556. The molecule has 0 saturated carbocycles. The lowest BCUT2D eigenvalue weighted by Gasteiger charge is -2.35. The van der Waals surface area contributed by atoms with E-state index in [2.05, 4.69) is 21.6 Å². The summed E-state index contributed by atoms with van der Waals surface area (Å²) >= 11 is 0. The quantitative estimate of drug-likeness (QED) is 0.559. The van der Waals surface area contributed by atoms with E-state index in [9.17, 15) is 9.59 Å². The molecule has 0 aliphatic carbocycles. The van der Waals surface area contributed by atoms with Gasteiger partial charge in [0, 0.05) is 41.2 Å². The largest absolute Gasteiger partial charge is 0.452 e. The summed E-state index contributed by atoms with van der Waals surface area (Å²) in [6.07, 6.45) is 8.41. The number of benzene rings is 1. The lowest BCUT2D eigenvalue weighted by molar-refractivity contribution is 0.1000. The number of methoxy groups -OCH3 is 1. The van der Waals surface area contributed by atoms with Crippen molar-refractivity contribution in [2.24, 2.45) is 5.73 Å². The van der Waals surface area contributed by atoms with Crippen molar-refractivity contribution in [2.45, 2.75) is 44.7 Å². The van der Waals surface area contributed by atoms with Crippen molar-refractivity contribution in [1.82, 2.24) is 20.1 Å². The number of pyridine rings is 1. The number of hydrogen-bond acceptors (Lipinski definition) is 7. The van der Waals surface area contributed by atoms with Crippen LogP contribution in [-0.4, -0.2) is 53.0 Å². The number of primary amides is 1. The van der Waals surface area contributed by atoms with Gasteiger partial charge in [0.1, 0.15) is 5.75 Å². The third kappa shape index (κ3) is 4.51. The van der Waals surface area contributed by atoms with Crippen LogP contribution >= 0.6 is 0 Å². The van der Waals surface area contributed by atoms with Gasteiger partial charge in [-0.05, 0) is 63.9 Å². The highest BCUT2D eigenvalue weighted by Gasteiger charge is 2.32. The number of nitrogens with two attached hydrogens (primary N) is 1. The monoisotopic (exact) mass is 490 g/mol. The molecule has 3 aromatic rings.